The summed E-state index contributed by atoms with van der Waals surface area (Å²) in [4.78, 5) is 11.3. The van der Waals surface area contributed by atoms with E-state index in [0.29, 0.717) is 0 Å². The molecule has 3 nitrogen and oxygen atoms in total. The summed E-state index contributed by atoms with van der Waals surface area (Å²) in [5.41, 5.74) is 0.290. The first-order valence-corrected chi connectivity index (χ1v) is 3.94. The van der Waals surface area contributed by atoms with Crippen LogP contribution in [0.1, 0.15) is 23.2 Å². The van der Waals surface area contributed by atoms with E-state index in [1.54, 1.807) is 18.2 Å². The summed E-state index contributed by atoms with van der Waals surface area (Å²) in [5, 5.41) is 17.5. The number of aromatic hydroxyl groups is 1. The molecule has 0 atom stereocenters. The number of hydrogen-bond donors (Lipinski definition) is 1. The van der Waals surface area contributed by atoms with Crippen molar-refractivity contribution in [3.63, 3.8) is 0 Å². The van der Waals surface area contributed by atoms with Crippen LogP contribution in [0.15, 0.2) is 24.3 Å². The number of benzene rings is 1. The molecule has 0 aliphatic carbocycles. The number of para-hydroxylation sites is 1. The third kappa shape index (κ3) is 2.31. The summed E-state index contributed by atoms with van der Waals surface area (Å²) in [7, 11) is 0. The van der Waals surface area contributed by atoms with Gasteiger partial charge in [0.05, 0.1) is 11.6 Å². The molecular weight excluding hydrogens is 166 g/mol. The molecule has 0 aliphatic heterocycles. The minimum Gasteiger partial charge on any atom is -0.507 e. The van der Waals surface area contributed by atoms with Gasteiger partial charge in [-0.05, 0) is 12.1 Å². The largest absolute Gasteiger partial charge is 0.507 e. The molecule has 1 aromatic rings. The zero-order valence-electron chi connectivity index (χ0n) is 7.03. The van der Waals surface area contributed by atoms with Gasteiger partial charge < -0.3 is 5.11 Å². The summed E-state index contributed by atoms with van der Waals surface area (Å²) in [6, 6.07) is 8.22. The van der Waals surface area contributed by atoms with Gasteiger partial charge >= 0.3 is 0 Å². The van der Waals surface area contributed by atoms with Crippen molar-refractivity contribution < 1.29 is 9.90 Å². The number of nitrogens with zero attached hydrogens (tertiary/aromatic N) is 1. The average molecular weight is 175 g/mol. The van der Waals surface area contributed by atoms with Gasteiger partial charge in [-0.25, -0.2) is 0 Å². The van der Waals surface area contributed by atoms with E-state index >= 15 is 0 Å². The topological polar surface area (TPSA) is 61.1 Å². The highest BCUT2D eigenvalue weighted by Gasteiger charge is 2.08. The molecule has 3 heteroatoms. The van der Waals surface area contributed by atoms with Crippen molar-refractivity contribution >= 4 is 5.78 Å². The van der Waals surface area contributed by atoms with Crippen LogP contribution >= 0.6 is 0 Å². The van der Waals surface area contributed by atoms with Gasteiger partial charge in [-0.15, -0.1) is 0 Å². The molecule has 0 spiro atoms. The molecular formula is C10H9NO2. The van der Waals surface area contributed by atoms with Gasteiger partial charge in [-0.3, -0.25) is 4.79 Å². The number of phenols is 1. The van der Waals surface area contributed by atoms with Gasteiger partial charge in [0, 0.05) is 12.8 Å². The van der Waals surface area contributed by atoms with Crippen molar-refractivity contribution in [3.05, 3.63) is 29.8 Å². The molecule has 1 aromatic carbocycles. The molecule has 0 fully saturated rings. The van der Waals surface area contributed by atoms with Gasteiger partial charge in [-0.2, -0.15) is 5.26 Å². The summed E-state index contributed by atoms with van der Waals surface area (Å²) in [6.07, 6.45) is 0.348. The number of carbonyl (C=O) groups is 1. The first-order valence-electron chi connectivity index (χ1n) is 3.94. The molecule has 0 aromatic heterocycles. The van der Waals surface area contributed by atoms with E-state index in [0.717, 1.165) is 0 Å². The number of rotatable bonds is 3. The number of Topliss-reactive ketones (excluding diaryl/α,β-unsaturated/α-hetero) is 1. The van der Waals surface area contributed by atoms with Crippen LogP contribution in [0.25, 0.3) is 0 Å². The second kappa shape index (κ2) is 4.27. The first-order chi connectivity index (χ1) is 6.25. The van der Waals surface area contributed by atoms with Crippen molar-refractivity contribution in [2.45, 2.75) is 12.8 Å². The van der Waals surface area contributed by atoms with E-state index in [4.69, 9.17) is 5.26 Å². The lowest BCUT2D eigenvalue weighted by molar-refractivity contribution is 0.0981. The van der Waals surface area contributed by atoms with Crippen LogP contribution in [0.5, 0.6) is 5.75 Å². The fourth-order valence-electron chi connectivity index (χ4n) is 1.01. The lowest BCUT2D eigenvalue weighted by Crippen LogP contribution is -1.98. The van der Waals surface area contributed by atoms with Gasteiger partial charge in [0.25, 0.3) is 0 Å². The van der Waals surface area contributed by atoms with Crippen LogP contribution in [0, 0.1) is 11.3 Å². The molecule has 0 radical (unpaired) electrons. The van der Waals surface area contributed by atoms with Crippen molar-refractivity contribution in [1.29, 1.82) is 5.26 Å². The van der Waals surface area contributed by atoms with Crippen LogP contribution in [-0.4, -0.2) is 10.9 Å². The Labute approximate surface area is 76.2 Å². The quantitative estimate of drug-likeness (QED) is 0.713. The van der Waals surface area contributed by atoms with Crippen LogP contribution in [-0.2, 0) is 0 Å². The van der Waals surface area contributed by atoms with Crippen molar-refractivity contribution in [1.82, 2.24) is 0 Å². The highest BCUT2D eigenvalue weighted by molar-refractivity contribution is 5.98. The number of hydrogen-bond acceptors (Lipinski definition) is 3. The number of carbonyl (C=O) groups excluding carboxylic acids is 1. The van der Waals surface area contributed by atoms with E-state index < -0.39 is 0 Å². The molecule has 1 rings (SSSR count). The summed E-state index contributed by atoms with van der Waals surface area (Å²) in [6.45, 7) is 0. The zero-order chi connectivity index (χ0) is 9.68. The van der Waals surface area contributed by atoms with Crippen LogP contribution < -0.4 is 0 Å². The van der Waals surface area contributed by atoms with E-state index in [1.165, 1.54) is 6.07 Å². The maximum absolute atomic E-state index is 11.3. The number of ketones is 1. The predicted octanol–water partition coefficient (Wildman–Crippen LogP) is 1.88. The van der Waals surface area contributed by atoms with Crippen molar-refractivity contribution in [2.24, 2.45) is 0 Å². The van der Waals surface area contributed by atoms with Crippen molar-refractivity contribution in [3.8, 4) is 11.8 Å². The standard InChI is InChI=1S/C10H9NO2/c11-7-3-6-10(13)8-4-1-2-5-9(8)12/h1-2,4-5,12H,3,6H2. The van der Waals surface area contributed by atoms with E-state index in [-0.39, 0.29) is 29.9 Å². The molecule has 0 heterocycles. The monoisotopic (exact) mass is 175 g/mol. The number of phenolic OH excluding ortho intramolecular Hbond substituents is 1. The highest BCUT2D eigenvalue weighted by atomic mass is 16.3. The molecule has 13 heavy (non-hydrogen) atoms. The Morgan fingerprint density at radius 3 is 2.77 bits per heavy atom. The van der Waals surface area contributed by atoms with Crippen LogP contribution in [0.2, 0.25) is 0 Å². The van der Waals surface area contributed by atoms with Gasteiger partial charge in [0.2, 0.25) is 0 Å². The lowest BCUT2D eigenvalue weighted by Gasteiger charge is -2.00. The molecule has 0 aliphatic rings. The van der Waals surface area contributed by atoms with E-state index in [9.17, 15) is 9.90 Å². The third-order valence-corrected chi connectivity index (χ3v) is 1.67. The van der Waals surface area contributed by atoms with Crippen LogP contribution in [0.4, 0.5) is 0 Å². The zero-order valence-corrected chi connectivity index (χ0v) is 7.03. The maximum Gasteiger partial charge on any atom is 0.167 e. The molecule has 0 bridgehead atoms. The Kier molecular flexibility index (Phi) is 3.04. The average Bonchev–Trinajstić information content (AvgIpc) is 2.15. The normalized spacial score (nSPS) is 9.15. The van der Waals surface area contributed by atoms with E-state index in [1.807, 2.05) is 6.07 Å². The molecule has 66 valence electrons. The van der Waals surface area contributed by atoms with E-state index in [2.05, 4.69) is 0 Å². The van der Waals surface area contributed by atoms with Crippen molar-refractivity contribution in [2.75, 3.05) is 0 Å². The fourth-order valence-corrected chi connectivity index (χ4v) is 1.01. The van der Waals surface area contributed by atoms with Gasteiger partial charge in [-0.1, -0.05) is 12.1 Å². The summed E-state index contributed by atoms with van der Waals surface area (Å²) < 4.78 is 0. The second-order valence-corrected chi connectivity index (χ2v) is 2.60. The van der Waals surface area contributed by atoms with Gasteiger partial charge in [0.15, 0.2) is 5.78 Å². The number of nitriles is 1. The Balaban J connectivity index is 2.78. The summed E-state index contributed by atoms with van der Waals surface area (Å²) in [5.74, 6) is -0.218. The smallest absolute Gasteiger partial charge is 0.167 e. The SMILES string of the molecule is N#CCCC(=O)c1ccccc1O. The Morgan fingerprint density at radius 1 is 1.46 bits per heavy atom. The minimum absolute atomic E-state index is 0.0227. The summed E-state index contributed by atoms with van der Waals surface area (Å²) >= 11 is 0. The fraction of sp³-hybridized carbons (Fsp3) is 0.200. The molecule has 0 saturated carbocycles. The first kappa shape index (κ1) is 9.27. The second-order valence-electron chi connectivity index (χ2n) is 2.60. The Morgan fingerprint density at radius 2 is 2.15 bits per heavy atom. The third-order valence-electron chi connectivity index (χ3n) is 1.67. The molecule has 1 N–H and O–H groups in total. The van der Waals surface area contributed by atoms with Crippen LogP contribution in [0.3, 0.4) is 0 Å². The van der Waals surface area contributed by atoms with Gasteiger partial charge in [0.1, 0.15) is 5.75 Å². The highest BCUT2D eigenvalue weighted by Crippen LogP contribution is 2.17. The maximum atomic E-state index is 11.3. The predicted molar refractivity (Wildman–Crippen MR) is 47.3 cm³/mol. The lowest BCUT2D eigenvalue weighted by atomic mass is 10.1. The molecule has 0 amide bonds. The minimum atomic E-state index is -0.195. The molecule has 0 unspecified atom stereocenters. The Bertz CT molecular complexity index is 352. The molecule has 0 saturated heterocycles. The Hall–Kier alpha value is -1.82.